The van der Waals surface area contributed by atoms with Crippen molar-refractivity contribution in [1.29, 1.82) is 0 Å². The van der Waals surface area contributed by atoms with E-state index in [4.69, 9.17) is 10.5 Å². The molecule has 1 aromatic rings. The molecule has 2 saturated heterocycles. The van der Waals surface area contributed by atoms with Crippen LogP contribution in [0.1, 0.15) is 55.3 Å². The number of carbonyl (C=O) groups is 2. The van der Waals surface area contributed by atoms with Crippen LogP contribution in [0.3, 0.4) is 0 Å². The average molecular weight is 371 g/mol. The summed E-state index contributed by atoms with van der Waals surface area (Å²) in [5, 5.41) is 0. The highest BCUT2D eigenvalue weighted by Crippen LogP contribution is 2.41. The fourth-order valence-electron chi connectivity index (χ4n) is 4.70. The van der Waals surface area contributed by atoms with E-state index in [1.54, 1.807) is 24.3 Å². The van der Waals surface area contributed by atoms with Crippen molar-refractivity contribution in [2.75, 3.05) is 26.2 Å². The van der Waals surface area contributed by atoms with E-state index < -0.39 is 5.91 Å². The number of rotatable bonds is 7. The number of ether oxygens (including phenoxy) is 1. The van der Waals surface area contributed by atoms with Gasteiger partial charge in [-0.25, -0.2) is 0 Å². The number of primary amides is 1. The van der Waals surface area contributed by atoms with Gasteiger partial charge in [0.2, 0.25) is 11.8 Å². The highest BCUT2D eigenvalue weighted by Gasteiger charge is 2.52. The van der Waals surface area contributed by atoms with Crippen molar-refractivity contribution >= 4 is 11.8 Å². The maximum absolute atomic E-state index is 13.2. The van der Waals surface area contributed by atoms with Crippen LogP contribution in [0.2, 0.25) is 0 Å². The fourth-order valence-corrected chi connectivity index (χ4v) is 4.70. The second-order valence-electron chi connectivity index (χ2n) is 8.05. The van der Waals surface area contributed by atoms with Crippen LogP contribution in [0.15, 0.2) is 24.3 Å². The maximum atomic E-state index is 13.2. The van der Waals surface area contributed by atoms with E-state index in [0.29, 0.717) is 24.1 Å². The van der Waals surface area contributed by atoms with Crippen LogP contribution < -0.4 is 10.5 Å². The summed E-state index contributed by atoms with van der Waals surface area (Å²) < 4.78 is 5.80. The number of amides is 2. The minimum absolute atomic E-state index is 0.246. The van der Waals surface area contributed by atoms with Crippen LogP contribution in [0.25, 0.3) is 0 Å². The first-order chi connectivity index (χ1) is 13.1. The Labute approximate surface area is 160 Å². The largest absolute Gasteiger partial charge is 0.494 e. The van der Waals surface area contributed by atoms with Crippen LogP contribution in [0, 0.1) is 0 Å². The molecular formula is C21H29N3O3. The molecule has 2 aliphatic heterocycles. The molecule has 3 fully saturated rings. The van der Waals surface area contributed by atoms with Crippen LogP contribution in [0.4, 0.5) is 0 Å². The summed E-state index contributed by atoms with van der Waals surface area (Å²) in [7, 11) is 0. The average Bonchev–Trinajstić information content (AvgIpc) is 3.43. The highest BCUT2D eigenvalue weighted by molar-refractivity contribution is 5.92. The lowest BCUT2D eigenvalue weighted by molar-refractivity contribution is -0.148. The second-order valence-corrected chi connectivity index (χ2v) is 8.05. The van der Waals surface area contributed by atoms with Gasteiger partial charge >= 0.3 is 0 Å². The normalized spacial score (nSPS) is 25.9. The van der Waals surface area contributed by atoms with Gasteiger partial charge in [0.25, 0.3) is 0 Å². The molecule has 2 amide bonds. The predicted octanol–water partition coefficient (Wildman–Crippen LogP) is 2.17. The van der Waals surface area contributed by atoms with E-state index in [1.807, 2.05) is 0 Å². The van der Waals surface area contributed by atoms with Gasteiger partial charge in [0.05, 0.1) is 6.61 Å². The topological polar surface area (TPSA) is 75.9 Å². The molecule has 6 heteroatoms. The molecule has 1 atom stereocenters. The molecule has 4 rings (SSSR count). The Balaban J connectivity index is 1.30. The molecule has 1 saturated carbocycles. The molecule has 0 aromatic heterocycles. The summed E-state index contributed by atoms with van der Waals surface area (Å²) in [5.74, 6) is 0.694. The Bertz CT molecular complexity index is 701. The standard InChI is InChI=1S/C21H29N3O3/c22-19(25)16-4-8-18(9-5-16)27-15-3-13-23-12-1-10-21(23)11-2-14-24(20(21)26)17-6-7-17/h4-5,8-9,17H,1-3,6-7,10-15H2,(H2,22,25). The monoisotopic (exact) mass is 371 g/mol. The van der Waals surface area contributed by atoms with Crippen LogP contribution in [-0.2, 0) is 4.79 Å². The molecule has 0 radical (unpaired) electrons. The lowest BCUT2D eigenvalue weighted by Crippen LogP contribution is -2.60. The molecule has 0 bridgehead atoms. The Morgan fingerprint density at radius 2 is 1.85 bits per heavy atom. The van der Waals surface area contributed by atoms with Gasteiger partial charge in [-0.1, -0.05) is 0 Å². The zero-order chi connectivity index (χ0) is 18.9. The van der Waals surface area contributed by atoms with Gasteiger partial charge in [0.15, 0.2) is 0 Å². The number of hydrogen-bond acceptors (Lipinski definition) is 4. The molecule has 1 unspecified atom stereocenters. The highest BCUT2D eigenvalue weighted by atomic mass is 16.5. The summed E-state index contributed by atoms with van der Waals surface area (Å²) in [6, 6.07) is 7.43. The third kappa shape index (κ3) is 3.68. The van der Waals surface area contributed by atoms with Gasteiger partial charge in [-0.3, -0.25) is 14.5 Å². The summed E-state index contributed by atoms with van der Waals surface area (Å²) in [4.78, 5) is 28.9. The minimum Gasteiger partial charge on any atom is -0.494 e. The lowest BCUT2D eigenvalue weighted by Gasteiger charge is -2.45. The minimum atomic E-state index is -0.432. The smallest absolute Gasteiger partial charge is 0.248 e. The van der Waals surface area contributed by atoms with E-state index in [0.717, 1.165) is 57.5 Å². The van der Waals surface area contributed by atoms with Crippen molar-refractivity contribution in [1.82, 2.24) is 9.80 Å². The second kappa shape index (κ2) is 7.50. The molecule has 1 aliphatic carbocycles. The van der Waals surface area contributed by atoms with Crippen LogP contribution in [0.5, 0.6) is 5.75 Å². The van der Waals surface area contributed by atoms with E-state index >= 15 is 0 Å². The van der Waals surface area contributed by atoms with E-state index in [-0.39, 0.29) is 5.54 Å². The Hall–Kier alpha value is -2.08. The van der Waals surface area contributed by atoms with Crippen molar-refractivity contribution < 1.29 is 14.3 Å². The summed E-state index contributed by atoms with van der Waals surface area (Å²) in [5.41, 5.74) is 5.49. The summed E-state index contributed by atoms with van der Waals surface area (Å²) >= 11 is 0. The molecule has 1 aromatic carbocycles. The third-order valence-corrected chi connectivity index (χ3v) is 6.24. The SMILES string of the molecule is NC(=O)c1ccc(OCCCN2CCCC23CCCN(C2CC2)C3=O)cc1. The van der Waals surface area contributed by atoms with Gasteiger partial charge in [0, 0.05) is 24.7 Å². The zero-order valence-electron chi connectivity index (χ0n) is 15.9. The van der Waals surface area contributed by atoms with E-state index in [1.165, 1.54) is 12.8 Å². The third-order valence-electron chi connectivity index (χ3n) is 6.24. The number of piperidine rings is 1. The lowest BCUT2D eigenvalue weighted by atomic mass is 9.85. The van der Waals surface area contributed by atoms with E-state index in [9.17, 15) is 9.59 Å². The number of carbonyl (C=O) groups excluding carboxylic acids is 2. The van der Waals surface area contributed by atoms with Crippen molar-refractivity contribution in [3.05, 3.63) is 29.8 Å². The van der Waals surface area contributed by atoms with Crippen LogP contribution in [-0.4, -0.2) is 59.4 Å². The van der Waals surface area contributed by atoms with Crippen molar-refractivity contribution in [3.8, 4) is 5.75 Å². The van der Waals surface area contributed by atoms with Crippen molar-refractivity contribution in [2.24, 2.45) is 5.73 Å². The van der Waals surface area contributed by atoms with Crippen molar-refractivity contribution in [2.45, 2.75) is 56.5 Å². The molecule has 6 nitrogen and oxygen atoms in total. The number of likely N-dealkylation sites (tertiary alicyclic amines) is 2. The number of benzene rings is 1. The predicted molar refractivity (Wildman–Crippen MR) is 103 cm³/mol. The molecule has 3 aliphatic rings. The quantitative estimate of drug-likeness (QED) is 0.746. The Morgan fingerprint density at radius 3 is 2.52 bits per heavy atom. The zero-order valence-corrected chi connectivity index (χ0v) is 15.9. The molecular weight excluding hydrogens is 342 g/mol. The van der Waals surface area contributed by atoms with Crippen LogP contribution >= 0.6 is 0 Å². The molecule has 2 N–H and O–H groups in total. The van der Waals surface area contributed by atoms with Gasteiger partial charge in [-0.15, -0.1) is 0 Å². The first kappa shape index (κ1) is 18.3. The number of nitrogens with zero attached hydrogens (tertiary/aromatic N) is 2. The molecule has 146 valence electrons. The van der Waals surface area contributed by atoms with Gasteiger partial charge in [0.1, 0.15) is 11.3 Å². The van der Waals surface area contributed by atoms with Crippen molar-refractivity contribution in [3.63, 3.8) is 0 Å². The maximum Gasteiger partial charge on any atom is 0.248 e. The first-order valence-electron chi connectivity index (χ1n) is 10.2. The molecule has 27 heavy (non-hydrogen) atoms. The molecule has 1 spiro atoms. The first-order valence-corrected chi connectivity index (χ1v) is 10.2. The van der Waals surface area contributed by atoms with E-state index in [2.05, 4.69) is 9.80 Å². The van der Waals surface area contributed by atoms with Gasteiger partial charge in [-0.2, -0.15) is 0 Å². The fraction of sp³-hybridized carbons (Fsp3) is 0.619. The Kier molecular flexibility index (Phi) is 5.08. The van der Waals surface area contributed by atoms with Gasteiger partial charge < -0.3 is 15.4 Å². The van der Waals surface area contributed by atoms with Gasteiger partial charge in [-0.05, 0) is 75.8 Å². The molecule has 2 heterocycles. The number of nitrogens with two attached hydrogens (primary N) is 1. The number of hydrogen-bond donors (Lipinski definition) is 1. The Morgan fingerprint density at radius 1 is 1.15 bits per heavy atom. The summed E-state index contributed by atoms with van der Waals surface area (Å²) in [6.07, 6.45) is 7.50. The summed E-state index contributed by atoms with van der Waals surface area (Å²) in [6.45, 7) is 3.45.